The first kappa shape index (κ1) is 30.6. The molecule has 0 fully saturated rings. The zero-order valence-corrected chi connectivity index (χ0v) is 30.6. The molecule has 4 nitrogen and oxygen atoms in total. The van der Waals surface area contributed by atoms with Crippen LogP contribution in [-0.2, 0) is 0 Å². The topological polar surface area (TPSA) is 35.6 Å². The normalized spacial score (nSPS) is 13.5. The molecule has 0 unspecified atom stereocenters. The third-order valence-electron chi connectivity index (χ3n) is 11.4. The fourth-order valence-corrected chi connectivity index (χ4v) is 10.2. The van der Waals surface area contributed by atoms with E-state index in [9.17, 15) is 0 Å². The highest BCUT2D eigenvalue weighted by molar-refractivity contribution is 7.26. The van der Waals surface area contributed by atoms with E-state index in [1.807, 2.05) is 11.3 Å². The van der Waals surface area contributed by atoms with Gasteiger partial charge in [0.1, 0.15) is 0 Å². The first-order valence-corrected chi connectivity index (χ1v) is 19.7. The predicted molar refractivity (Wildman–Crippen MR) is 233 cm³/mol. The summed E-state index contributed by atoms with van der Waals surface area (Å²) < 4.78 is 7.57. The smallest absolute Gasteiger partial charge is 0.156 e. The van der Waals surface area contributed by atoms with Crippen molar-refractivity contribution in [3.05, 3.63) is 176 Å². The van der Waals surface area contributed by atoms with Gasteiger partial charge in [0.2, 0.25) is 0 Å². The van der Waals surface area contributed by atoms with E-state index in [1.165, 1.54) is 63.8 Å². The summed E-state index contributed by atoms with van der Waals surface area (Å²) in [6.45, 7) is 0. The van der Waals surface area contributed by atoms with Crippen molar-refractivity contribution in [3.8, 4) is 16.9 Å². The zero-order valence-electron chi connectivity index (χ0n) is 29.8. The van der Waals surface area contributed by atoms with Gasteiger partial charge in [-0.3, -0.25) is 0 Å². The lowest BCUT2D eigenvalue weighted by molar-refractivity contribution is 1.00. The lowest BCUT2D eigenvalue weighted by Gasteiger charge is -2.17. The minimum Gasteiger partial charge on any atom is -0.309 e. The quantitative estimate of drug-likeness (QED) is 0.181. The second-order valence-electron chi connectivity index (χ2n) is 14.5. The Morgan fingerprint density at radius 3 is 2.11 bits per heavy atom. The van der Waals surface area contributed by atoms with Gasteiger partial charge in [-0.05, 0) is 73.0 Å². The molecule has 0 amide bonds. The summed E-state index contributed by atoms with van der Waals surface area (Å²) in [5, 5.41) is 8.79. The average molecular weight is 721 g/mol. The third kappa shape index (κ3) is 4.57. The van der Waals surface area contributed by atoms with E-state index in [-0.39, 0.29) is 0 Å². The second-order valence-corrected chi connectivity index (χ2v) is 15.5. The van der Waals surface area contributed by atoms with Gasteiger partial charge in [0, 0.05) is 64.1 Å². The summed E-state index contributed by atoms with van der Waals surface area (Å²) in [6.07, 6.45) is 6.51. The monoisotopic (exact) mass is 720 g/mol. The number of aromatic nitrogens is 4. The van der Waals surface area contributed by atoms with Crippen LogP contribution in [0.3, 0.4) is 0 Å². The lowest BCUT2D eigenvalue weighted by Crippen LogP contribution is -2.04. The molecule has 0 radical (unpaired) electrons. The van der Waals surface area contributed by atoms with E-state index in [1.54, 1.807) is 0 Å². The number of allylic oxidation sites excluding steroid dienone is 4. The molecule has 0 saturated carbocycles. The highest BCUT2D eigenvalue weighted by Crippen LogP contribution is 2.46. The highest BCUT2D eigenvalue weighted by Gasteiger charge is 2.23. The highest BCUT2D eigenvalue weighted by atomic mass is 32.1. The van der Waals surface area contributed by atoms with Crippen molar-refractivity contribution in [3.63, 3.8) is 0 Å². The van der Waals surface area contributed by atoms with Crippen LogP contribution in [-0.4, -0.2) is 19.1 Å². The number of fused-ring (bicyclic) bond motifs is 11. The zero-order chi connectivity index (χ0) is 36.0. The number of nitrogens with zero attached hydrogens (tertiary/aromatic N) is 4. The lowest BCUT2D eigenvalue weighted by atomic mass is 10.0. The Morgan fingerprint density at radius 1 is 0.509 bits per heavy atom. The van der Waals surface area contributed by atoms with Gasteiger partial charge >= 0.3 is 0 Å². The van der Waals surface area contributed by atoms with Crippen LogP contribution in [0, 0.1) is 0 Å². The molecule has 1 aliphatic carbocycles. The molecule has 0 N–H and O–H groups in total. The van der Waals surface area contributed by atoms with Gasteiger partial charge in [-0.25, -0.2) is 9.97 Å². The Morgan fingerprint density at radius 2 is 1.24 bits per heavy atom. The Balaban J connectivity index is 1.16. The van der Waals surface area contributed by atoms with Gasteiger partial charge in [0.05, 0.1) is 33.3 Å². The number of thiophene rings is 1. The molecular formula is C50H32N4S. The molecule has 0 bridgehead atoms. The molecule has 4 heterocycles. The molecule has 12 rings (SSSR count). The van der Waals surface area contributed by atoms with Gasteiger partial charge < -0.3 is 9.13 Å². The molecule has 0 spiro atoms. The summed E-state index contributed by atoms with van der Waals surface area (Å²) in [5.74, 6) is 0.794. The van der Waals surface area contributed by atoms with Gasteiger partial charge in [-0.1, -0.05) is 115 Å². The first-order valence-electron chi connectivity index (χ1n) is 18.9. The maximum absolute atomic E-state index is 5.29. The molecular weight excluding hydrogens is 689 g/mol. The van der Waals surface area contributed by atoms with Crippen LogP contribution in [0.2, 0.25) is 0 Å². The van der Waals surface area contributed by atoms with Crippen LogP contribution in [0.5, 0.6) is 0 Å². The fraction of sp³-hybridized carbons (Fsp3) is 0.0400. The molecule has 0 saturated heterocycles. The number of para-hydroxylation sites is 3. The van der Waals surface area contributed by atoms with Crippen molar-refractivity contribution in [2.75, 3.05) is 0 Å². The van der Waals surface area contributed by atoms with Crippen LogP contribution in [0.15, 0.2) is 170 Å². The average Bonchev–Trinajstić information content (AvgIpc) is 3.90. The molecule has 0 aliphatic heterocycles. The van der Waals surface area contributed by atoms with Gasteiger partial charge in [0.25, 0.3) is 0 Å². The summed E-state index contributed by atoms with van der Waals surface area (Å²) in [4.78, 5) is 10.5. The van der Waals surface area contributed by atoms with E-state index in [2.05, 4.69) is 179 Å². The van der Waals surface area contributed by atoms with Crippen molar-refractivity contribution in [1.82, 2.24) is 19.1 Å². The summed E-state index contributed by atoms with van der Waals surface area (Å²) in [7, 11) is 0. The van der Waals surface area contributed by atoms with Gasteiger partial charge in [-0.2, -0.15) is 0 Å². The predicted octanol–water partition coefficient (Wildman–Crippen LogP) is 13.6. The number of benzene rings is 7. The summed E-state index contributed by atoms with van der Waals surface area (Å²) in [6, 6.07) is 56.8. The van der Waals surface area contributed by atoms with Crippen molar-refractivity contribution < 1.29 is 0 Å². The van der Waals surface area contributed by atoms with Crippen LogP contribution in [0.4, 0.5) is 0 Å². The third-order valence-corrected chi connectivity index (χ3v) is 12.6. The molecule has 258 valence electrons. The van der Waals surface area contributed by atoms with Gasteiger partial charge in [0.15, 0.2) is 5.82 Å². The largest absolute Gasteiger partial charge is 0.309 e. The van der Waals surface area contributed by atoms with Crippen LogP contribution in [0.1, 0.15) is 18.7 Å². The standard InChI is InChI=1S/C50H32N4S/c1-3-14-31(15-4-1)48-38-22-7-10-23-41(38)51-50(52-48)32-16-13-19-34(28-32)54-43-27-26-37-36-21-9-12-25-46(36)55-49(37)47(43)40-29-39-35-20-8-11-24-42(35)53(44(39)30-45(40)54)33-17-5-2-6-18-33/h1-12,14-15,17-30H,13,16H2. The van der Waals surface area contributed by atoms with Crippen molar-refractivity contribution in [2.45, 2.75) is 12.8 Å². The Kier molecular flexibility index (Phi) is 6.59. The van der Waals surface area contributed by atoms with E-state index in [0.29, 0.717) is 0 Å². The maximum atomic E-state index is 5.29. The van der Waals surface area contributed by atoms with Crippen LogP contribution >= 0.6 is 11.3 Å². The van der Waals surface area contributed by atoms with Crippen molar-refractivity contribution in [2.24, 2.45) is 0 Å². The van der Waals surface area contributed by atoms with E-state index in [0.717, 1.165) is 57.8 Å². The SMILES string of the molecule is C1=C(c2nc(-c3ccccc3)c3ccccc3n2)CCC=C1n1c2cc3c(cc2c2c4sc5ccccc5c4ccc21)c1ccccc1n3-c1ccccc1. The molecule has 7 aromatic carbocycles. The number of hydrogen-bond acceptors (Lipinski definition) is 3. The van der Waals surface area contributed by atoms with Gasteiger partial charge in [-0.15, -0.1) is 11.3 Å². The van der Waals surface area contributed by atoms with E-state index in [4.69, 9.17) is 9.97 Å². The Labute approximate surface area is 320 Å². The van der Waals surface area contributed by atoms with Crippen LogP contribution < -0.4 is 0 Å². The molecule has 1 aliphatic rings. The first-order chi connectivity index (χ1) is 27.3. The van der Waals surface area contributed by atoms with E-state index < -0.39 is 0 Å². The molecule has 0 atom stereocenters. The second kappa shape index (κ2) is 11.8. The van der Waals surface area contributed by atoms with Crippen molar-refractivity contribution >= 4 is 97.3 Å². The van der Waals surface area contributed by atoms with Crippen molar-refractivity contribution in [1.29, 1.82) is 0 Å². The fourth-order valence-electron chi connectivity index (χ4n) is 8.93. The molecule has 5 heteroatoms. The minimum absolute atomic E-state index is 0.794. The maximum Gasteiger partial charge on any atom is 0.156 e. The molecule has 55 heavy (non-hydrogen) atoms. The Bertz CT molecular complexity index is 3420. The Hall–Kier alpha value is -6.82. The van der Waals surface area contributed by atoms with E-state index >= 15 is 0 Å². The van der Waals surface area contributed by atoms with Crippen LogP contribution in [0.25, 0.3) is 103 Å². The number of hydrogen-bond donors (Lipinski definition) is 0. The minimum atomic E-state index is 0.794. The summed E-state index contributed by atoms with van der Waals surface area (Å²) >= 11 is 1.90. The molecule has 11 aromatic rings. The molecule has 4 aromatic heterocycles. The summed E-state index contributed by atoms with van der Waals surface area (Å²) in [5.41, 5.74) is 11.3. The number of rotatable bonds is 4.